The first-order chi connectivity index (χ1) is 17.0. The van der Waals surface area contributed by atoms with Crippen molar-refractivity contribution >= 4 is 33.3 Å². The molecule has 35 heavy (non-hydrogen) atoms. The van der Waals surface area contributed by atoms with Crippen molar-refractivity contribution in [3.05, 3.63) is 99.6 Å². The zero-order valence-electron chi connectivity index (χ0n) is 19.4. The molecule has 2 aliphatic carbocycles. The molecule has 2 aromatic carbocycles. The molecule has 8 heteroatoms. The van der Waals surface area contributed by atoms with Crippen LogP contribution in [0.1, 0.15) is 46.5 Å². The largest absolute Gasteiger partial charge is 0.280 e. The van der Waals surface area contributed by atoms with Crippen molar-refractivity contribution in [3.8, 4) is 0 Å². The molecule has 1 unspecified atom stereocenters. The van der Waals surface area contributed by atoms with Crippen molar-refractivity contribution < 1.29 is 8.42 Å². The van der Waals surface area contributed by atoms with Gasteiger partial charge in [0.05, 0.1) is 15.8 Å². The second-order valence-electron chi connectivity index (χ2n) is 9.35. The van der Waals surface area contributed by atoms with Crippen molar-refractivity contribution in [2.75, 3.05) is 4.31 Å². The van der Waals surface area contributed by atoms with Gasteiger partial charge in [0.25, 0.3) is 10.0 Å². The minimum atomic E-state index is -3.75. The van der Waals surface area contributed by atoms with E-state index >= 15 is 0 Å². The second kappa shape index (κ2) is 8.46. The van der Waals surface area contributed by atoms with Crippen LogP contribution in [0.25, 0.3) is 6.08 Å². The highest BCUT2D eigenvalue weighted by Crippen LogP contribution is 2.45. The Kier molecular flexibility index (Phi) is 5.38. The van der Waals surface area contributed by atoms with E-state index in [1.165, 1.54) is 5.56 Å². The molecule has 0 saturated heterocycles. The summed E-state index contributed by atoms with van der Waals surface area (Å²) >= 11 is 1.63. The summed E-state index contributed by atoms with van der Waals surface area (Å²) in [6.45, 7) is 1.96. The maximum absolute atomic E-state index is 13.8. The Morgan fingerprint density at radius 3 is 2.51 bits per heavy atom. The number of sulfonamides is 1. The van der Waals surface area contributed by atoms with Gasteiger partial charge in [0.2, 0.25) is 0 Å². The summed E-state index contributed by atoms with van der Waals surface area (Å²) in [5, 5.41) is 7.82. The quantitative estimate of drug-likeness (QED) is 0.379. The Hall–Kier alpha value is -3.23. The maximum Gasteiger partial charge on any atom is 0.265 e. The van der Waals surface area contributed by atoms with Crippen LogP contribution in [0.15, 0.2) is 77.3 Å². The molecule has 1 N–H and O–H groups in total. The molecule has 0 bridgehead atoms. The minimum Gasteiger partial charge on any atom is -0.280 e. The molecule has 6 nitrogen and oxygen atoms in total. The van der Waals surface area contributed by atoms with Crippen LogP contribution in [0.2, 0.25) is 0 Å². The molecule has 0 radical (unpaired) electrons. The molecule has 0 aliphatic heterocycles. The third kappa shape index (κ3) is 3.63. The Morgan fingerprint density at radius 1 is 1.09 bits per heavy atom. The Balaban J connectivity index is 1.45. The number of thiazole rings is 1. The third-order valence-corrected chi connectivity index (χ3v) is 10.0. The van der Waals surface area contributed by atoms with E-state index in [1.54, 1.807) is 27.8 Å². The molecule has 1 fully saturated rings. The molecular weight excluding hydrogens is 476 g/mol. The molecule has 178 valence electrons. The number of hydrogen-bond donors (Lipinski definition) is 1. The second-order valence-corrected chi connectivity index (χ2v) is 12.1. The standard InChI is InChI=1S/C27H26N4O2S2/c1-19-10-12-22(13-11-19)35(32,33)31(21-8-5-9-21)26-23-14-15-27(16-24(23)29-30-26,25-17-28-18-34-25)20-6-3-2-4-7-20/h2-4,6-7,10-15,17-18,21H,5,8-9,16H2,1H3,(H,29,30). The molecule has 1 atom stereocenters. The molecule has 0 spiro atoms. The number of anilines is 1. The highest BCUT2D eigenvalue weighted by molar-refractivity contribution is 7.92. The Labute approximate surface area is 209 Å². The van der Waals surface area contributed by atoms with Crippen molar-refractivity contribution in [2.24, 2.45) is 0 Å². The molecule has 2 aliphatic rings. The number of aryl methyl sites for hydroxylation is 1. The number of hydrogen-bond acceptors (Lipinski definition) is 5. The smallest absolute Gasteiger partial charge is 0.265 e. The lowest BCUT2D eigenvalue weighted by Gasteiger charge is -2.37. The van der Waals surface area contributed by atoms with Crippen LogP contribution in [0.3, 0.4) is 0 Å². The molecule has 0 amide bonds. The Bertz CT molecular complexity index is 1470. The fourth-order valence-corrected chi connectivity index (χ4v) is 7.53. The summed E-state index contributed by atoms with van der Waals surface area (Å²) in [6, 6.07) is 17.4. The van der Waals surface area contributed by atoms with Gasteiger partial charge >= 0.3 is 0 Å². The lowest BCUT2D eigenvalue weighted by Crippen LogP contribution is -2.45. The van der Waals surface area contributed by atoms with Gasteiger partial charge in [-0.15, -0.1) is 11.3 Å². The number of aromatic nitrogens is 3. The summed E-state index contributed by atoms with van der Waals surface area (Å²) in [7, 11) is -3.75. The minimum absolute atomic E-state index is 0.0793. The predicted molar refractivity (Wildman–Crippen MR) is 139 cm³/mol. The number of allylic oxidation sites excluding steroid dienone is 1. The fraction of sp³-hybridized carbons (Fsp3) is 0.259. The third-order valence-electron chi connectivity index (χ3n) is 7.21. The van der Waals surface area contributed by atoms with E-state index in [-0.39, 0.29) is 11.5 Å². The highest BCUT2D eigenvalue weighted by Gasteiger charge is 2.42. The number of rotatable bonds is 6. The van der Waals surface area contributed by atoms with Crippen LogP contribution >= 0.6 is 11.3 Å². The van der Waals surface area contributed by atoms with E-state index in [0.717, 1.165) is 41.0 Å². The molecular formula is C27H26N4O2S2. The lowest BCUT2D eigenvalue weighted by atomic mass is 9.72. The van der Waals surface area contributed by atoms with Crippen LogP contribution in [-0.4, -0.2) is 29.6 Å². The predicted octanol–water partition coefficient (Wildman–Crippen LogP) is 5.48. The topological polar surface area (TPSA) is 79.0 Å². The normalized spacial score (nSPS) is 19.8. The summed E-state index contributed by atoms with van der Waals surface area (Å²) in [6.07, 6.45) is 9.51. The van der Waals surface area contributed by atoms with Crippen LogP contribution in [-0.2, 0) is 21.9 Å². The average Bonchev–Trinajstić information content (AvgIpc) is 3.52. The number of H-pyrrole nitrogens is 1. The molecule has 2 aromatic heterocycles. The van der Waals surface area contributed by atoms with Gasteiger partial charge in [-0.2, -0.15) is 5.10 Å². The van der Waals surface area contributed by atoms with E-state index in [2.05, 4.69) is 33.4 Å². The van der Waals surface area contributed by atoms with E-state index in [4.69, 9.17) is 0 Å². The molecule has 6 rings (SSSR count). The van der Waals surface area contributed by atoms with Crippen molar-refractivity contribution in [1.29, 1.82) is 0 Å². The number of aromatic amines is 1. The average molecular weight is 503 g/mol. The summed E-state index contributed by atoms with van der Waals surface area (Å²) in [5.41, 5.74) is 5.46. The van der Waals surface area contributed by atoms with Crippen LogP contribution in [0.5, 0.6) is 0 Å². The van der Waals surface area contributed by atoms with Gasteiger partial charge in [-0.3, -0.25) is 10.1 Å². The lowest BCUT2D eigenvalue weighted by molar-refractivity contribution is 0.413. The van der Waals surface area contributed by atoms with Crippen molar-refractivity contribution in [1.82, 2.24) is 15.2 Å². The van der Waals surface area contributed by atoms with Crippen LogP contribution in [0.4, 0.5) is 5.82 Å². The number of fused-ring (bicyclic) bond motifs is 1. The SMILES string of the molecule is Cc1ccc(S(=O)(=O)N(c2n[nH]c3c2C=CC(c2ccccc2)(c2cncs2)C3)C2CCC2)cc1. The first-order valence-electron chi connectivity index (χ1n) is 11.8. The summed E-state index contributed by atoms with van der Waals surface area (Å²) < 4.78 is 29.2. The van der Waals surface area contributed by atoms with Gasteiger partial charge in [-0.05, 0) is 43.9 Å². The fourth-order valence-electron chi connectivity index (χ4n) is 5.03. The molecule has 1 saturated carbocycles. The van der Waals surface area contributed by atoms with E-state index < -0.39 is 10.0 Å². The van der Waals surface area contributed by atoms with E-state index in [0.29, 0.717) is 17.1 Å². The first-order valence-corrected chi connectivity index (χ1v) is 14.1. The number of nitrogens with zero attached hydrogens (tertiary/aromatic N) is 3. The van der Waals surface area contributed by atoms with Gasteiger partial charge in [0, 0.05) is 34.8 Å². The van der Waals surface area contributed by atoms with Gasteiger partial charge in [0.1, 0.15) is 0 Å². The maximum atomic E-state index is 13.8. The van der Waals surface area contributed by atoms with Gasteiger partial charge in [-0.25, -0.2) is 12.7 Å². The van der Waals surface area contributed by atoms with Gasteiger partial charge in [0.15, 0.2) is 5.82 Å². The van der Waals surface area contributed by atoms with Crippen LogP contribution < -0.4 is 4.31 Å². The van der Waals surface area contributed by atoms with Gasteiger partial charge < -0.3 is 0 Å². The van der Waals surface area contributed by atoms with Crippen molar-refractivity contribution in [2.45, 2.75) is 49.0 Å². The van der Waals surface area contributed by atoms with E-state index in [9.17, 15) is 8.42 Å². The Morgan fingerprint density at radius 2 is 1.86 bits per heavy atom. The molecule has 2 heterocycles. The monoisotopic (exact) mass is 502 g/mol. The number of benzene rings is 2. The zero-order valence-corrected chi connectivity index (χ0v) is 21.0. The summed E-state index contributed by atoms with van der Waals surface area (Å²) in [4.78, 5) is 5.79. The summed E-state index contributed by atoms with van der Waals surface area (Å²) in [5.74, 6) is 0.493. The zero-order chi connectivity index (χ0) is 24.0. The van der Waals surface area contributed by atoms with Crippen LogP contribution in [0, 0.1) is 6.92 Å². The number of nitrogens with one attached hydrogen (secondary N) is 1. The first kappa shape index (κ1) is 22.2. The molecule has 4 aromatic rings. The van der Waals surface area contributed by atoms with Crippen molar-refractivity contribution in [3.63, 3.8) is 0 Å². The highest BCUT2D eigenvalue weighted by atomic mass is 32.2. The van der Waals surface area contributed by atoms with Gasteiger partial charge in [-0.1, -0.05) is 60.2 Å². The van der Waals surface area contributed by atoms with E-state index in [1.807, 2.05) is 55.0 Å².